The van der Waals surface area contributed by atoms with E-state index in [1.807, 2.05) is 0 Å². The van der Waals surface area contributed by atoms with Gasteiger partial charge in [0.15, 0.2) is 0 Å². The molecule has 0 aliphatic heterocycles. The number of hydrogen-bond donors (Lipinski definition) is 0. The zero-order chi connectivity index (χ0) is 25.7. The van der Waals surface area contributed by atoms with Gasteiger partial charge < -0.3 is 0 Å². The van der Waals surface area contributed by atoms with Gasteiger partial charge in [0.05, 0.1) is 11.0 Å². The van der Waals surface area contributed by atoms with Crippen LogP contribution in [0.2, 0.25) is 0 Å². The maximum absolute atomic E-state index is 5.45. The summed E-state index contributed by atoms with van der Waals surface area (Å²) in [4.78, 5) is 5.45. The number of allylic oxidation sites excluding steroid dienone is 4. The first-order valence-electron chi connectivity index (χ1n) is 14.0. The summed E-state index contributed by atoms with van der Waals surface area (Å²) in [7, 11) is 0. The lowest BCUT2D eigenvalue weighted by molar-refractivity contribution is 0.359. The van der Waals surface area contributed by atoms with Crippen molar-refractivity contribution in [3.05, 3.63) is 68.7 Å². The van der Waals surface area contributed by atoms with Gasteiger partial charge >= 0.3 is 0 Å². The monoisotopic (exact) mass is 544 g/mol. The molecule has 2 aromatic carbocycles. The lowest BCUT2D eigenvalue weighted by Crippen LogP contribution is -2.21. The van der Waals surface area contributed by atoms with Crippen LogP contribution in [0, 0.1) is 5.92 Å². The number of nitrogens with zero attached hydrogens (tertiary/aromatic N) is 2. The number of rotatable bonds is 6. The first kappa shape index (κ1) is 25.5. The molecule has 190 valence electrons. The molecule has 1 heterocycles. The van der Waals surface area contributed by atoms with Gasteiger partial charge in [0, 0.05) is 15.7 Å². The van der Waals surface area contributed by atoms with Crippen molar-refractivity contribution in [3.8, 4) is 11.4 Å². The second-order valence-electron chi connectivity index (χ2n) is 11.5. The number of imidazole rings is 1. The van der Waals surface area contributed by atoms with E-state index in [9.17, 15) is 0 Å². The Bertz CT molecular complexity index is 1360. The van der Waals surface area contributed by atoms with Crippen LogP contribution in [0.25, 0.3) is 28.1 Å². The average Bonchev–Trinajstić information content (AvgIpc) is 3.25. The van der Waals surface area contributed by atoms with Crippen molar-refractivity contribution in [3.63, 3.8) is 0 Å². The summed E-state index contributed by atoms with van der Waals surface area (Å²) in [5, 5.41) is 0. The van der Waals surface area contributed by atoms with E-state index in [4.69, 9.17) is 4.98 Å². The molecular formula is C33H41BrN2. The molecule has 3 aliphatic carbocycles. The average molecular weight is 546 g/mol. The summed E-state index contributed by atoms with van der Waals surface area (Å²) in [5.41, 5.74) is 12.2. The van der Waals surface area contributed by atoms with Crippen LogP contribution in [0.1, 0.15) is 115 Å². The van der Waals surface area contributed by atoms with E-state index < -0.39 is 0 Å². The predicted molar refractivity (Wildman–Crippen MR) is 159 cm³/mol. The van der Waals surface area contributed by atoms with Crippen LogP contribution >= 0.6 is 15.9 Å². The topological polar surface area (TPSA) is 17.8 Å². The fourth-order valence-electron chi connectivity index (χ4n) is 6.43. The van der Waals surface area contributed by atoms with Gasteiger partial charge in [-0.05, 0) is 129 Å². The zero-order valence-corrected chi connectivity index (χ0v) is 24.7. The minimum atomic E-state index is 0.449. The van der Waals surface area contributed by atoms with Crippen LogP contribution in [0.5, 0.6) is 0 Å². The first-order valence-corrected chi connectivity index (χ1v) is 14.7. The molecule has 6 rings (SSSR count). The van der Waals surface area contributed by atoms with Crippen molar-refractivity contribution in [2.45, 2.75) is 98.3 Å². The number of hydrogen-bond acceptors (Lipinski definition) is 1. The SMILES string of the molecule is C/C=C(C)\C(=C(\C)C(C)C)n1c(-c2cc(Br)ccc2C(C)CC)nc2cc3c(cc21)C1CCC3CC1. The molecule has 1 fully saturated rings. The molecule has 1 unspecified atom stereocenters. The minimum absolute atomic E-state index is 0.449. The third-order valence-corrected chi connectivity index (χ3v) is 9.63. The Morgan fingerprint density at radius 2 is 1.67 bits per heavy atom. The number of halogens is 1. The fourth-order valence-corrected chi connectivity index (χ4v) is 6.79. The standard InChI is InChI=1S/C33H41BrN2/c1-8-20(5)26-15-14-25(34)16-29(26)33-35-30-17-27-23-10-12-24(13-11-23)28(27)18-31(30)36(33)32(21(6)9-2)22(7)19(3)4/h9,14-20,23-24H,8,10-13H2,1-7H3/b21-9-,32-22+. The van der Waals surface area contributed by atoms with E-state index in [1.165, 1.54) is 59.2 Å². The molecule has 1 atom stereocenters. The smallest absolute Gasteiger partial charge is 0.146 e. The third-order valence-electron chi connectivity index (χ3n) is 9.14. The summed E-state index contributed by atoms with van der Waals surface area (Å²) in [6.45, 7) is 16.0. The molecule has 1 aromatic heterocycles. The van der Waals surface area contributed by atoms with Gasteiger partial charge in [-0.3, -0.25) is 4.57 Å². The van der Waals surface area contributed by atoms with Crippen molar-refractivity contribution < 1.29 is 0 Å². The molecule has 36 heavy (non-hydrogen) atoms. The molecule has 3 heteroatoms. The van der Waals surface area contributed by atoms with E-state index in [0.29, 0.717) is 23.7 Å². The number of aromatic nitrogens is 2. The molecular weight excluding hydrogens is 504 g/mol. The Morgan fingerprint density at radius 1 is 1.03 bits per heavy atom. The van der Waals surface area contributed by atoms with Gasteiger partial charge in [-0.1, -0.05) is 55.8 Å². The molecule has 2 nitrogen and oxygen atoms in total. The van der Waals surface area contributed by atoms with Crippen LogP contribution in [-0.4, -0.2) is 9.55 Å². The summed E-state index contributed by atoms with van der Waals surface area (Å²) >= 11 is 3.78. The Morgan fingerprint density at radius 3 is 2.25 bits per heavy atom. The van der Waals surface area contributed by atoms with Crippen LogP contribution in [0.3, 0.4) is 0 Å². The van der Waals surface area contributed by atoms with Gasteiger partial charge in [0.25, 0.3) is 0 Å². The summed E-state index contributed by atoms with van der Waals surface area (Å²) < 4.78 is 3.62. The number of fused-ring (bicyclic) bond motifs is 3. The van der Waals surface area contributed by atoms with Crippen molar-refractivity contribution in [1.29, 1.82) is 0 Å². The van der Waals surface area contributed by atoms with Crippen molar-refractivity contribution in [1.82, 2.24) is 9.55 Å². The highest BCUT2D eigenvalue weighted by Crippen LogP contribution is 2.51. The van der Waals surface area contributed by atoms with Gasteiger partial charge in [0.1, 0.15) is 5.82 Å². The van der Waals surface area contributed by atoms with Gasteiger partial charge in [-0.25, -0.2) is 4.98 Å². The predicted octanol–water partition coefficient (Wildman–Crippen LogP) is 10.6. The minimum Gasteiger partial charge on any atom is -0.292 e. The van der Waals surface area contributed by atoms with E-state index in [-0.39, 0.29) is 0 Å². The Balaban J connectivity index is 1.91. The van der Waals surface area contributed by atoms with E-state index in [1.54, 1.807) is 11.1 Å². The maximum Gasteiger partial charge on any atom is 0.146 e. The van der Waals surface area contributed by atoms with Gasteiger partial charge in [-0.15, -0.1) is 0 Å². The largest absolute Gasteiger partial charge is 0.292 e. The number of benzene rings is 2. The lowest BCUT2D eigenvalue weighted by Gasteiger charge is -2.38. The Kier molecular flexibility index (Phi) is 7.07. The molecule has 2 bridgehead atoms. The van der Waals surface area contributed by atoms with Crippen molar-refractivity contribution in [2.24, 2.45) is 5.92 Å². The molecule has 3 aromatic rings. The Hall–Kier alpha value is -2.13. The third kappa shape index (κ3) is 4.22. The highest BCUT2D eigenvalue weighted by molar-refractivity contribution is 9.10. The Labute approximate surface area is 226 Å². The second kappa shape index (κ2) is 9.97. The summed E-state index contributed by atoms with van der Waals surface area (Å²) in [5.74, 6) is 3.42. The molecule has 3 aliphatic rings. The molecule has 0 spiro atoms. The molecule has 1 saturated carbocycles. The summed E-state index contributed by atoms with van der Waals surface area (Å²) in [6, 6.07) is 11.7. The maximum atomic E-state index is 5.45. The second-order valence-corrected chi connectivity index (χ2v) is 12.4. The van der Waals surface area contributed by atoms with Crippen LogP contribution < -0.4 is 0 Å². The highest BCUT2D eigenvalue weighted by Gasteiger charge is 2.34. The molecule has 0 amide bonds. The fraction of sp³-hybridized carbons (Fsp3) is 0.485. The highest BCUT2D eigenvalue weighted by atomic mass is 79.9. The van der Waals surface area contributed by atoms with E-state index >= 15 is 0 Å². The molecule has 0 radical (unpaired) electrons. The lowest BCUT2D eigenvalue weighted by atomic mass is 9.67. The van der Waals surface area contributed by atoms with Crippen molar-refractivity contribution >= 4 is 32.7 Å². The van der Waals surface area contributed by atoms with Gasteiger partial charge in [-0.2, -0.15) is 0 Å². The van der Waals surface area contributed by atoms with Crippen LogP contribution in [-0.2, 0) is 0 Å². The van der Waals surface area contributed by atoms with Crippen LogP contribution in [0.4, 0.5) is 0 Å². The van der Waals surface area contributed by atoms with Crippen LogP contribution in [0.15, 0.2) is 52.0 Å². The molecule has 0 N–H and O–H groups in total. The van der Waals surface area contributed by atoms with E-state index in [0.717, 1.165) is 22.2 Å². The summed E-state index contributed by atoms with van der Waals surface area (Å²) in [6.07, 6.45) is 8.73. The molecule has 0 saturated heterocycles. The van der Waals surface area contributed by atoms with E-state index in [2.05, 4.69) is 105 Å². The quantitative estimate of drug-likeness (QED) is 0.282. The normalized spacial score (nSPS) is 21.2. The van der Waals surface area contributed by atoms with Gasteiger partial charge in [0.2, 0.25) is 0 Å². The zero-order valence-electron chi connectivity index (χ0n) is 23.1. The first-order chi connectivity index (χ1) is 17.2. The van der Waals surface area contributed by atoms with Crippen molar-refractivity contribution in [2.75, 3.05) is 0 Å².